The maximum atomic E-state index is 4.39. The minimum atomic E-state index is 0.186. The van der Waals surface area contributed by atoms with Crippen LogP contribution in [0.5, 0.6) is 0 Å². The first-order valence-electron chi connectivity index (χ1n) is 8.46. The van der Waals surface area contributed by atoms with E-state index >= 15 is 0 Å². The molecule has 0 aliphatic carbocycles. The van der Waals surface area contributed by atoms with Gasteiger partial charge in [-0.2, -0.15) is 0 Å². The molecule has 0 aliphatic rings. The molecule has 0 fully saturated rings. The lowest BCUT2D eigenvalue weighted by atomic mass is 10.1. The van der Waals surface area contributed by atoms with E-state index < -0.39 is 0 Å². The van der Waals surface area contributed by atoms with Crippen LogP contribution in [0.25, 0.3) is 0 Å². The third kappa shape index (κ3) is 4.76. The average Bonchev–Trinajstić information content (AvgIpc) is 2.68. The average molecular weight is 333 g/mol. The largest absolute Gasteiger partial charge is 0.363 e. The number of hydrogen-bond donors (Lipinski definition) is 1. The van der Waals surface area contributed by atoms with E-state index in [0.29, 0.717) is 0 Å². The molecule has 0 aliphatic heterocycles. The Morgan fingerprint density at radius 2 is 1.80 bits per heavy atom. The smallest absolute Gasteiger partial charge is 0.133 e. The maximum absolute atomic E-state index is 4.39. The molecule has 0 spiro atoms. The quantitative estimate of drug-likeness (QED) is 0.714. The van der Waals surface area contributed by atoms with E-state index in [-0.39, 0.29) is 6.04 Å². The first-order chi connectivity index (χ1) is 12.2. The van der Waals surface area contributed by atoms with E-state index in [9.17, 15) is 0 Å². The van der Waals surface area contributed by atoms with E-state index in [2.05, 4.69) is 44.2 Å². The van der Waals surface area contributed by atoms with Crippen LogP contribution in [0.4, 0.5) is 11.6 Å². The standard InChI is InChI=1S/C20H23N5/c1-16(18-6-4-3-5-7-18)24-19-14-20(23-15-22-19)25(2)13-10-17-8-11-21-12-9-17/h3-9,11-12,14-16H,10,13H2,1-2H3,(H,22,23,24). The Morgan fingerprint density at radius 3 is 2.56 bits per heavy atom. The molecular formula is C20H23N5. The summed E-state index contributed by atoms with van der Waals surface area (Å²) in [5, 5.41) is 3.44. The summed E-state index contributed by atoms with van der Waals surface area (Å²) >= 11 is 0. The summed E-state index contributed by atoms with van der Waals surface area (Å²) in [5.41, 5.74) is 2.50. The Labute approximate surface area is 148 Å². The highest BCUT2D eigenvalue weighted by atomic mass is 15.2. The van der Waals surface area contributed by atoms with Gasteiger partial charge in [0.25, 0.3) is 0 Å². The van der Waals surface area contributed by atoms with Crippen molar-refractivity contribution in [3.8, 4) is 0 Å². The highest BCUT2D eigenvalue weighted by Crippen LogP contribution is 2.19. The van der Waals surface area contributed by atoms with Gasteiger partial charge in [-0.1, -0.05) is 30.3 Å². The summed E-state index contributed by atoms with van der Waals surface area (Å²) in [6.45, 7) is 3.01. The molecule has 3 aromatic rings. The molecule has 2 aromatic heterocycles. The Hall–Kier alpha value is -2.95. The second-order valence-electron chi connectivity index (χ2n) is 6.07. The molecule has 0 bridgehead atoms. The Morgan fingerprint density at radius 1 is 1.04 bits per heavy atom. The molecule has 1 N–H and O–H groups in total. The molecule has 0 radical (unpaired) electrons. The van der Waals surface area contributed by atoms with E-state index in [1.165, 1.54) is 11.1 Å². The molecule has 128 valence electrons. The van der Waals surface area contributed by atoms with Gasteiger partial charge in [0.15, 0.2) is 0 Å². The van der Waals surface area contributed by atoms with Crippen LogP contribution in [0.2, 0.25) is 0 Å². The number of likely N-dealkylation sites (N-methyl/N-ethyl adjacent to an activating group) is 1. The van der Waals surface area contributed by atoms with E-state index in [1.807, 2.05) is 55.8 Å². The zero-order valence-electron chi connectivity index (χ0n) is 14.6. The number of anilines is 2. The van der Waals surface area contributed by atoms with Gasteiger partial charge in [-0.25, -0.2) is 9.97 Å². The highest BCUT2D eigenvalue weighted by Gasteiger charge is 2.08. The van der Waals surface area contributed by atoms with Crippen molar-refractivity contribution in [2.75, 3.05) is 23.8 Å². The van der Waals surface area contributed by atoms with Crippen LogP contribution in [-0.2, 0) is 6.42 Å². The molecule has 0 saturated carbocycles. The number of benzene rings is 1. The predicted molar refractivity (Wildman–Crippen MR) is 102 cm³/mol. The van der Waals surface area contributed by atoms with E-state index in [0.717, 1.165) is 24.6 Å². The number of aromatic nitrogens is 3. The molecule has 0 amide bonds. The van der Waals surface area contributed by atoms with Crippen LogP contribution in [0, 0.1) is 0 Å². The van der Waals surface area contributed by atoms with Crippen molar-refractivity contribution < 1.29 is 0 Å². The van der Waals surface area contributed by atoms with Crippen LogP contribution in [0.3, 0.4) is 0 Å². The summed E-state index contributed by atoms with van der Waals surface area (Å²) in [5.74, 6) is 1.74. The minimum Gasteiger partial charge on any atom is -0.363 e. The van der Waals surface area contributed by atoms with Gasteiger partial charge >= 0.3 is 0 Å². The second kappa shape index (κ2) is 8.24. The predicted octanol–water partition coefficient (Wildman–Crippen LogP) is 3.72. The Kier molecular flexibility index (Phi) is 5.57. The molecule has 3 rings (SSSR count). The lowest BCUT2D eigenvalue weighted by Gasteiger charge is -2.20. The molecule has 5 nitrogen and oxygen atoms in total. The number of hydrogen-bond acceptors (Lipinski definition) is 5. The summed E-state index contributed by atoms with van der Waals surface area (Å²) in [7, 11) is 2.05. The third-order valence-electron chi connectivity index (χ3n) is 4.19. The van der Waals surface area contributed by atoms with Crippen molar-refractivity contribution in [2.24, 2.45) is 0 Å². The molecule has 0 saturated heterocycles. The van der Waals surface area contributed by atoms with Gasteiger partial charge in [0.1, 0.15) is 18.0 Å². The number of nitrogens with one attached hydrogen (secondary N) is 1. The second-order valence-corrected chi connectivity index (χ2v) is 6.07. The van der Waals surface area contributed by atoms with Gasteiger partial charge in [-0.3, -0.25) is 4.98 Å². The maximum Gasteiger partial charge on any atom is 0.133 e. The first-order valence-corrected chi connectivity index (χ1v) is 8.46. The van der Waals surface area contributed by atoms with Gasteiger partial charge in [0.2, 0.25) is 0 Å². The van der Waals surface area contributed by atoms with Crippen molar-refractivity contribution in [1.82, 2.24) is 15.0 Å². The Balaban J connectivity index is 1.62. The van der Waals surface area contributed by atoms with Gasteiger partial charge in [-0.05, 0) is 36.6 Å². The van der Waals surface area contributed by atoms with Crippen LogP contribution in [-0.4, -0.2) is 28.5 Å². The topological polar surface area (TPSA) is 53.9 Å². The monoisotopic (exact) mass is 333 g/mol. The molecule has 1 atom stereocenters. The van der Waals surface area contributed by atoms with E-state index in [1.54, 1.807) is 6.33 Å². The van der Waals surface area contributed by atoms with Gasteiger partial charge < -0.3 is 10.2 Å². The summed E-state index contributed by atoms with van der Waals surface area (Å²) in [6, 6.07) is 16.6. The number of nitrogens with zero attached hydrogens (tertiary/aromatic N) is 4. The van der Waals surface area contributed by atoms with Crippen molar-refractivity contribution >= 4 is 11.6 Å². The Bertz CT molecular complexity index is 776. The van der Waals surface area contributed by atoms with Crippen molar-refractivity contribution in [1.29, 1.82) is 0 Å². The lowest BCUT2D eigenvalue weighted by Crippen LogP contribution is -2.21. The van der Waals surface area contributed by atoms with Crippen molar-refractivity contribution in [3.05, 3.63) is 78.4 Å². The van der Waals surface area contributed by atoms with Crippen LogP contribution < -0.4 is 10.2 Å². The third-order valence-corrected chi connectivity index (χ3v) is 4.19. The molecule has 1 aromatic carbocycles. The van der Waals surface area contributed by atoms with Crippen molar-refractivity contribution in [2.45, 2.75) is 19.4 Å². The molecule has 1 unspecified atom stereocenters. The summed E-state index contributed by atoms with van der Waals surface area (Å²) in [6.07, 6.45) is 6.21. The summed E-state index contributed by atoms with van der Waals surface area (Å²) in [4.78, 5) is 14.9. The van der Waals surface area contributed by atoms with Gasteiger partial charge in [0.05, 0.1) is 0 Å². The summed E-state index contributed by atoms with van der Waals surface area (Å²) < 4.78 is 0. The number of pyridine rings is 1. The zero-order valence-corrected chi connectivity index (χ0v) is 14.6. The SMILES string of the molecule is CC(Nc1cc(N(C)CCc2ccncc2)ncn1)c1ccccc1. The van der Waals surface area contributed by atoms with Crippen LogP contribution in [0.1, 0.15) is 24.1 Å². The molecular weight excluding hydrogens is 310 g/mol. The van der Waals surface area contributed by atoms with E-state index in [4.69, 9.17) is 0 Å². The highest BCUT2D eigenvalue weighted by molar-refractivity contribution is 5.49. The van der Waals surface area contributed by atoms with Gasteiger partial charge in [-0.15, -0.1) is 0 Å². The van der Waals surface area contributed by atoms with Crippen molar-refractivity contribution in [3.63, 3.8) is 0 Å². The van der Waals surface area contributed by atoms with Crippen LogP contribution in [0.15, 0.2) is 67.3 Å². The zero-order chi connectivity index (χ0) is 17.5. The number of rotatable bonds is 7. The lowest BCUT2D eigenvalue weighted by molar-refractivity contribution is 0.845. The van der Waals surface area contributed by atoms with Gasteiger partial charge in [0, 0.05) is 38.1 Å². The molecule has 2 heterocycles. The fourth-order valence-electron chi connectivity index (χ4n) is 2.64. The first kappa shape index (κ1) is 16.9. The fraction of sp³-hybridized carbons (Fsp3) is 0.250. The normalized spacial score (nSPS) is 11.8. The minimum absolute atomic E-state index is 0.186. The molecule has 5 heteroatoms. The molecule has 25 heavy (non-hydrogen) atoms. The van der Waals surface area contributed by atoms with Crippen LogP contribution >= 0.6 is 0 Å². The fourth-order valence-corrected chi connectivity index (χ4v) is 2.64.